The Morgan fingerprint density at radius 2 is 1.84 bits per heavy atom. The van der Waals surface area contributed by atoms with Gasteiger partial charge in [-0.15, -0.1) is 0 Å². The highest BCUT2D eigenvalue weighted by atomic mass is 28.4. The summed E-state index contributed by atoms with van der Waals surface area (Å²) in [5.41, 5.74) is 1.27. The molecule has 6 rings (SSSR count). The van der Waals surface area contributed by atoms with E-state index in [1.807, 2.05) is 12.1 Å². The Balaban J connectivity index is 1.34. The van der Waals surface area contributed by atoms with Crippen LogP contribution in [0.1, 0.15) is 70.2 Å². The maximum atomic E-state index is 13.0. The third kappa shape index (κ3) is 3.63. The molecule has 1 aromatic rings. The second-order valence-electron chi connectivity index (χ2n) is 13.7. The number of benzene rings is 1. The summed E-state index contributed by atoms with van der Waals surface area (Å²) in [5, 5.41) is 0.164. The van der Waals surface area contributed by atoms with E-state index in [2.05, 4.69) is 52.9 Å². The summed E-state index contributed by atoms with van der Waals surface area (Å²) in [4.78, 5) is 26.0. The number of esters is 1. The molecule has 5 aliphatic rings. The van der Waals surface area contributed by atoms with Gasteiger partial charge in [0.15, 0.2) is 14.4 Å². The minimum atomic E-state index is -1.92. The number of hydrogen-bond donors (Lipinski definition) is 0. The van der Waals surface area contributed by atoms with E-state index in [0.29, 0.717) is 11.5 Å². The Kier molecular flexibility index (Phi) is 5.71. The molecule has 202 valence electrons. The minimum absolute atomic E-state index is 0.00324. The monoisotopic (exact) mass is 532 g/mol. The largest absolute Gasteiger partial charge is 0.446 e. The lowest BCUT2D eigenvalue weighted by molar-refractivity contribution is -0.135. The molecule has 38 heavy (non-hydrogen) atoms. The van der Waals surface area contributed by atoms with Crippen molar-refractivity contribution in [2.75, 3.05) is 0 Å². The minimum Gasteiger partial charge on any atom is -0.446 e. The maximum Gasteiger partial charge on any atom is 0.339 e. The Morgan fingerprint density at radius 1 is 1.11 bits per heavy atom. The van der Waals surface area contributed by atoms with Crippen LogP contribution in [-0.2, 0) is 18.7 Å². The van der Waals surface area contributed by atoms with E-state index in [9.17, 15) is 9.59 Å². The first-order chi connectivity index (χ1) is 17.8. The van der Waals surface area contributed by atoms with Crippen LogP contribution in [0, 0.1) is 11.3 Å². The number of ketones is 1. The highest BCUT2D eigenvalue weighted by Crippen LogP contribution is 2.66. The van der Waals surface area contributed by atoms with Crippen molar-refractivity contribution in [1.82, 2.24) is 0 Å². The molecule has 3 aliphatic carbocycles. The molecule has 0 unspecified atom stereocenters. The van der Waals surface area contributed by atoms with Crippen molar-refractivity contribution in [3.8, 4) is 0 Å². The van der Waals surface area contributed by atoms with Crippen LogP contribution in [0.4, 0.5) is 0 Å². The van der Waals surface area contributed by atoms with Gasteiger partial charge in [-0.3, -0.25) is 4.79 Å². The lowest BCUT2D eigenvalue weighted by Gasteiger charge is -2.54. The molecule has 2 heterocycles. The summed E-state index contributed by atoms with van der Waals surface area (Å²) in [6.45, 7) is 14.0. The van der Waals surface area contributed by atoms with E-state index in [4.69, 9.17) is 13.9 Å². The van der Waals surface area contributed by atoms with E-state index in [-0.39, 0.29) is 27.9 Å². The standard InChI is InChI=1S/C32H40O5Si/c1-29(2,3)38(5,6)36-26-13-12-25-30(26,4)16-14-22-20-23-27(35-28(34)21-10-8-7-9-11-21)24(33)15-17-31(23)18-19-32(22,25)37-31/h7-11,14-15,17,20,25-27H,12-13,16,18-19H2,1-6H3/t25-,26+,27-,30+,31+,32-/m1/s1. The fourth-order valence-electron chi connectivity index (χ4n) is 7.43. The molecule has 6 heteroatoms. The van der Waals surface area contributed by atoms with Crippen molar-refractivity contribution in [1.29, 1.82) is 0 Å². The Hall–Kier alpha value is -2.28. The van der Waals surface area contributed by atoms with Gasteiger partial charge in [0.05, 0.1) is 17.3 Å². The first-order valence-electron chi connectivity index (χ1n) is 14.1. The maximum absolute atomic E-state index is 13.0. The zero-order valence-electron chi connectivity index (χ0n) is 23.5. The molecule has 1 aromatic carbocycles. The number of carbonyl (C=O) groups is 2. The summed E-state index contributed by atoms with van der Waals surface area (Å²) in [6.07, 6.45) is 11.9. The van der Waals surface area contributed by atoms with Gasteiger partial charge >= 0.3 is 5.97 Å². The summed E-state index contributed by atoms with van der Waals surface area (Å²) in [6, 6.07) is 8.86. The van der Waals surface area contributed by atoms with Gasteiger partial charge in [-0.2, -0.15) is 0 Å². The Bertz CT molecular complexity index is 1270. The summed E-state index contributed by atoms with van der Waals surface area (Å²) < 4.78 is 20.1. The molecule has 5 nitrogen and oxygen atoms in total. The molecule has 6 atom stereocenters. The van der Waals surface area contributed by atoms with Crippen molar-refractivity contribution >= 4 is 20.1 Å². The van der Waals surface area contributed by atoms with Crippen LogP contribution in [0.25, 0.3) is 0 Å². The molecule has 2 spiro atoms. The second-order valence-corrected chi connectivity index (χ2v) is 18.5. The average Bonchev–Trinajstić information content (AvgIpc) is 3.36. The quantitative estimate of drug-likeness (QED) is 0.318. The van der Waals surface area contributed by atoms with E-state index in [1.165, 1.54) is 0 Å². The first kappa shape index (κ1) is 26.0. The topological polar surface area (TPSA) is 61.8 Å². The molecular formula is C32H40O5Si. The third-order valence-electron chi connectivity index (χ3n) is 10.6. The van der Waals surface area contributed by atoms with Gasteiger partial charge in [0.1, 0.15) is 5.60 Å². The number of hydrogen-bond acceptors (Lipinski definition) is 5. The fourth-order valence-corrected chi connectivity index (χ4v) is 8.88. The molecular weight excluding hydrogens is 492 g/mol. The summed E-state index contributed by atoms with van der Waals surface area (Å²) >= 11 is 0. The second kappa shape index (κ2) is 8.36. The molecule has 0 aromatic heterocycles. The summed E-state index contributed by atoms with van der Waals surface area (Å²) in [7, 11) is -1.92. The molecule has 2 bridgehead atoms. The normalized spacial score (nSPS) is 37.6. The molecule has 1 saturated carbocycles. The molecule has 0 N–H and O–H groups in total. The Labute approximate surface area is 227 Å². The Morgan fingerprint density at radius 3 is 2.55 bits per heavy atom. The lowest BCUT2D eigenvalue weighted by Crippen LogP contribution is -2.57. The number of carbonyl (C=O) groups excluding carboxylic acids is 2. The molecule has 2 fully saturated rings. The highest BCUT2D eigenvalue weighted by molar-refractivity contribution is 6.74. The van der Waals surface area contributed by atoms with Crippen LogP contribution >= 0.6 is 0 Å². The van der Waals surface area contributed by atoms with E-state index in [0.717, 1.165) is 43.3 Å². The van der Waals surface area contributed by atoms with Crippen LogP contribution in [0.15, 0.2) is 65.8 Å². The number of rotatable bonds is 4. The average molecular weight is 533 g/mol. The van der Waals surface area contributed by atoms with Crippen LogP contribution in [-0.4, -0.2) is 43.5 Å². The van der Waals surface area contributed by atoms with Crippen molar-refractivity contribution in [2.45, 2.75) is 101 Å². The molecule has 0 radical (unpaired) electrons. The van der Waals surface area contributed by atoms with Crippen LogP contribution in [0.3, 0.4) is 0 Å². The zero-order valence-corrected chi connectivity index (χ0v) is 24.5. The van der Waals surface area contributed by atoms with Gasteiger partial charge in [-0.25, -0.2) is 4.79 Å². The van der Waals surface area contributed by atoms with Gasteiger partial charge in [0.2, 0.25) is 5.78 Å². The molecule has 2 aliphatic heterocycles. The van der Waals surface area contributed by atoms with Crippen molar-refractivity contribution in [3.63, 3.8) is 0 Å². The number of fused-ring (bicyclic) bond motifs is 1. The van der Waals surface area contributed by atoms with Crippen molar-refractivity contribution in [2.24, 2.45) is 11.3 Å². The molecule has 1 saturated heterocycles. The van der Waals surface area contributed by atoms with Gasteiger partial charge in [0, 0.05) is 16.9 Å². The highest BCUT2D eigenvalue weighted by Gasteiger charge is 2.67. The predicted octanol–water partition coefficient (Wildman–Crippen LogP) is 6.72. The lowest BCUT2D eigenvalue weighted by atomic mass is 9.60. The van der Waals surface area contributed by atoms with E-state index >= 15 is 0 Å². The number of ether oxygens (including phenoxy) is 2. The number of allylic oxidation sites excluding steroid dienone is 1. The predicted molar refractivity (Wildman–Crippen MR) is 149 cm³/mol. The van der Waals surface area contributed by atoms with Gasteiger partial charge in [-0.1, -0.05) is 52.0 Å². The third-order valence-corrected chi connectivity index (χ3v) is 15.1. The van der Waals surface area contributed by atoms with Crippen LogP contribution in [0.5, 0.6) is 0 Å². The van der Waals surface area contributed by atoms with E-state index < -0.39 is 26.0 Å². The smallest absolute Gasteiger partial charge is 0.339 e. The SMILES string of the molecule is CC(C)(C)[Si](C)(C)O[C@H]1CC[C@@H]2[C@]1(C)CC=C1C=C3[C@@H](OC(=O)c4ccccc4)C(=O)C=C[C@]34CC[C@@]12O4. The van der Waals surface area contributed by atoms with Gasteiger partial charge in [0.25, 0.3) is 0 Å². The van der Waals surface area contributed by atoms with Crippen LogP contribution < -0.4 is 0 Å². The molecule has 0 amide bonds. The van der Waals surface area contributed by atoms with Gasteiger partial charge in [-0.05, 0) is 86.2 Å². The fraction of sp³-hybridized carbons (Fsp3) is 0.562. The van der Waals surface area contributed by atoms with Crippen molar-refractivity contribution < 1.29 is 23.5 Å². The zero-order chi connectivity index (χ0) is 27.1. The van der Waals surface area contributed by atoms with Crippen molar-refractivity contribution in [3.05, 3.63) is 71.3 Å². The summed E-state index contributed by atoms with van der Waals surface area (Å²) in [5.74, 6) is -0.353. The first-order valence-corrected chi connectivity index (χ1v) is 17.0. The van der Waals surface area contributed by atoms with E-state index in [1.54, 1.807) is 30.3 Å². The van der Waals surface area contributed by atoms with Crippen LogP contribution in [0.2, 0.25) is 18.1 Å². The van der Waals surface area contributed by atoms with Gasteiger partial charge < -0.3 is 13.9 Å².